The third-order valence-electron chi connectivity index (χ3n) is 0. The first-order valence-electron chi connectivity index (χ1n) is 0. The molecule has 5 heteroatoms. The Morgan fingerprint density at radius 1 is 1.00 bits per heavy atom. The summed E-state index contributed by atoms with van der Waals surface area (Å²) in [4.78, 5) is 0. The van der Waals surface area contributed by atoms with Crippen LogP contribution in [0.25, 0.3) is 0 Å². The third-order valence-corrected chi connectivity index (χ3v) is 0. The summed E-state index contributed by atoms with van der Waals surface area (Å²) in [6.07, 6.45) is 0. The first-order valence-corrected chi connectivity index (χ1v) is 0. The maximum absolute atomic E-state index is 0. The van der Waals surface area contributed by atoms with Gasteiger partial charge in [-0.1, -0.05) is 0 Å². The van der Waals surface area contributed by atoms with Gasteiger partial charge in [0, 0.05) is 109 Å². The summed E-state index contributed by atoms with van der Waals surface area (Å²) in [7, 11) is 0. The van der Waals surface area contributed by atoms with E-state index in [4.69, 9.17) is 0 Å². The summed E-state index contributed by atoms with van der Waals surface area (Å²) < 4.78 is 0. The van der Waals surface area contributed by atoms with Crippen molar-refractivity contribution < 1.29 is 58.9 Å². The molecule has 0 aromatic carbocycles. The molecule has 0 aliphatic carbocycles. The Labute approximate surface area is 106 Å². The molecule has 0 aliphatic rings. The zero-order chi connectivity index (χ0) is 0. The van der Waals surface area contributed by atoms with Gasteiger partial charge in [-0.2, -0.15) is 0 Å². The summed E-state index contributed by atoms with van der Waals surface area (Å²) in [6, 6.07) is 0. The molecule has 0 aromatic rings. The van der Waals surface area contributed by atoms with E-state index in [0.717, 1.165) is 0 Å². The SMILES string of the molecule is [Ag].[Cu].[In].[Sn].[Zn]. The Hall–Kier alpha value is 3.55. The van der Waals surface area contributed by atoms with Crippen molar-refractivity contribution in [3.63, 3.8) is 0 Å². The predicted molar refractivity (Wildman–Crippen MR) is 11.5 cm³/mol. The van der Waals surface area contributed by atoms with Gasteiger partial charge in [-0.15, -0.1) is 0 Å². The summed E-state index contributed by atoms with van der Waals surface area (Å²) >= 11 is 0. The van der Waals surface area contributed by atoms with Crippen LogP contribution in [0.15, 0.2) is 0 Å². The van der Waals surface area contributed by atoms with Gasteiger partial charge in [-0.3, -0.25) is 0 Å². The van der Waals surface area contributed by atoms with Crippen molar-refractivity contribution in [1.29, 1.82) is 0 Å². The van der Waals surface area contributed by atoms with Gasteiger partial charge in [-0.05, 0) is 0 Å². The maximum Gasteiger partial charge on any atom is 0 e. The Morgan fingerprint density at radius 2 is 1.00 bits per heavy atom. The van der Waals surface area contributed by atoms with E-state index in [2.05, 4.69) is 0 Å². The van der Waals surface area contributed by atoms with E-state index in [1.807, 2.05) is 0 Å². The molecule has 0 saturated heterocycles. The summed E-state index contributed by atoms with van der Waals surface area (Å²) in [5.74, 6) is 0. The van der Waals surface area contributed by atoms with Gasteiger partial charge in [0.25, 0.3) is 0 Å². The molecule has 0 amide bonds. The minimum Gasteiger partial charge on any atom is 0 e. The van der Waals surface area contributed by atoms with Crippen LogP contribution in [0.2, 0.25) is 0 Å². The van der Waals surface area contributed by atoms with Gasteiger partial charge in [-0.25, -0.2) is 0 Å². The standard InChI is InChI=1S/Ag.Cu.In.Sn.Zn. The molecule has 0 bridgehead atoms. The minimum atomic E-state index is 0. The average molecular weight is 470 g/mol. The van der Waals surface area contributed by atoms with E-state index in [1.54, 1.807) is 0 Å². The van der Waals surface area contributed by atoms with Crippen LogP contribution < -0.4 is 0 Å². The maximum atomic E-state index is 0. The molecule has 0 fully saturated rings. The van der Waals surface area contributed by atoms with Gasteiger partial charge < -0.3 is 0 Å². The molecule has 5 heavy (non-hydrogen) atoms. The van der Waals surface area contributed by atoms with Crippen LogP contribution in [0, 0.1) is 0 Å². The van der Waals surface area contributed by atoms with E-state index in [1.165, 1.54) is 0 Å². The molecule has 0 spiro atoms. The zero-order valence-electron chi connectivity index (χ0n) is 2.39. The van der Waals surface area contributed by atoms with Crippen molar-refractivity contribution in [2.24, 2.45) is 0 Å². The van der Waals surface area contributed by atoms with E-state index in [-0.39, 0.29) is 109 Å². The minimum absolute atomic E-state index is 0. The molecule has 0 nitrogen and oxygen atoms in total. The zero-order valence-corrected chi connectivity index (χ0v) is 13.9. The molecule has 0 unspecified atom stereocenters. The molecular weight excluding hydrogens is 470 g/mol. The normalized spacial score (nSPS) is 0. The monoisotopic (exact) mass is 469 g/mol. The van der Waals surface area contributed by atoms with Gasteiger partial charge in [0.15, 0.2) is 0 Å². The second-order valence-electron chi connectivity index (χ2n) is 0. The third kappa shape index (κ3) is 18.5. The Kier molecular flexibility index (Phi) is 199. The fourth-order valence-corrected chi connectivity index (χ4v) is 0. The van der Waals surface area contributed by atoms with Crippen molar-refractivity contribution in [2.75, 3.05) is 0 Å². The molecule has 0 aromatic heterocycles. The molecule has 0 saturated carbocycles. The second-order valence-corrected chi connectivity index (χ2v) is 0. The van der Waals surface area contributed by atoms with E-state index < -0.39 is 0 Å². The van der Waals surface area contributed by atoms with Gasteiger partial charge in [0.1, 0.15) is 0 Å². The molecule has 0 heterocycles. The van der Waals surface area contributed by atoms with Crippen molar-refractivity contribution in [2.45, 2.75) is 0 Å². The molecule has 0 rings (SSSR count). The van der Waals surface area contributed by atoms with Crippen LogP contribution in [0.1, 0.15) is 0 Å². The molecule has 0 aliphatic heterocycles. The smallest absolute Gasteiger partial charge is 0 e. The molecular formula is AgCuInSnZn. The average Bonchev–Trinajstić information content (AvgIpc) is 0. The number of hydrogen-bond acceptors (Lipinski definition) is 0. The fourth-order valence-electron chi connectivity index (χ4n) is 0. The van der Waals surface area contributed by atoms with E-state index >= 15 is 0 Å². The largest absolute Gasteiger partial charge is 0 e. The number of rotatable bonds is 0. The predicted octanol–water partition coefficient (Wildman–Crippen LogP) is -0.769. The second kappa shape index (κ2) is 25.7. The quantitative estimate of drug-likeness (QED) is 0.409. The van der Waals surface area contributed by atoms with Crippen LogP contribution in [0.3, 0.4) is 0 Å². The summed E-state index contributed by atoms with van der Waals surface area (Å²) in [5.41, 5.74) is 0. The first kappa shape index (κ1) is 38.7. The summed E-state index contributed by atoms with van der Waals surface area (Å²) in [6.45, 7) is 0. The van der Waals surface area contributed by atoms with Crippen molar-refractivity contribution in [3.05, 3.63) is 0 Å². The van der Waals surface area contributed by atoms with Gasteiger partial charge in [0.05, 0.1) is 0 Å². The van der Waals surface area contributed by atoms with Crippen LogP contribution in [-0.2, 0) is 58.9 Å². The fraction of sp³-hybridized carbons (Fsp3) is 0. The topological polar surface area (TPSA) is 0 Å². The Bertz CT molecular complexity index is 11.6. The number of hydrogen-bond donors (Lipinski definition) is 0. The van der Waals surface area contributed by atoms with Crippen molar-refractivity contribution in [3.8, 4) is 0 Å². The van der Waals surface area contributed by atoms with Crippen LogP contribution >= 0.6 is 0 Å². The Balaban J connectivity index is 0. The Morgan fingerprint density at radius 3 is 1.00 bits per heavy atom. The van der Waals surface area contributed by atoms with Crippen molar-refractivity contribution in [1.82, 2.24) is 0 Å². The van der Waals surface area contributed by atoms with Crippen LogP contribution in [-0.4, -0.2) is 49.8 Å². The molecule has 31 valence electrons. The van der Waals surface area contributed by atoms with Gasteiger partial charge in [0.2, 0.25) is 0 Å². The molecule has 0 N–H and O–H groups in total. The van der Waals surface area contributed by atoms with E-state index in [0.29, 0.717) is 0 Å². The van der Waals surface area contributed by atoms with Crippen molar-refractivity contribution >= 4 is 49.8 Å². The summed E-state index contributed by atoms with van der Waals surface area (Å²) in [5, 5.41) is 0. The molecule has 0 atom stereocenters. The van der Waals surface area contributed by atoms with E-state index in [9.17, 15) is 0 Å². The van der Waals surface area contributed by atoms with Crippen LogP contribution in [0.4, 0.5) is 0 Å². The van der Waals surface area contributed by atoms with Gasteiger partial charge >= 0.3 is 0 Å². The van der Waals surface area contributed by atoms with Crippen LogP contribution in [0.5, 0.6) is 0 Å². The first-order chi connectivity index (χ1) is 0. The molecule has 9 radical (unpaired) electrons.